The van der Waals surface area contributed by atoms with Gasteiger partial charge in [0.2, 0.25) is 11.8 Å². The van der Waals surface area contributed by atoms with E-state index in [1.807, 2.05) is 6.92 Å². The lowest BCUT2D eigenvalue weighted by atomic mass is 10.1. The van der Waals surface area contributed by atoms with Crippen LogP contribution in [-0.2, 0) is 26.2 Å². The lowest BCUT2D eigenvalue weighted by Gasteiger charge is -2.32. The normalized spacial score (nSPS) is 12.0. The number of benzene rings is 3. The maximum absolute atomic E-state index is 13.9. The van der Waals surface area contributed by atoms with Crippen molar-refractivity contribution in [3.05, 3.63) is 92.9 Å². The Morgan fingerprint density at radius 2 is 1.64 bits per heavy atom. The number of rotatable bonds is 12. The second-order valence-electron chi connectivity index (χ2n) is 8.89. The molecule has 0 heterocycles. The van der Waals surface area contributed by atoms with Crippen LogP contribution in [0.5, 0.6) is 0 Å². The third-order valence-corrected chi connectivity index (χ3v) is 9.11. The number of carbonyl (C=O) groups excluding carboxylic acids is 2. The van der Waals surface area contributed by atoms with Crippen molar-refractivity contribution in [1.82, 2.24) is 10.2 Å². The van der Waals surface area contributed by atoms with Crippen LogP contribution in [0.25, 0.3) is 0 Å². The zero-order valence-electron chi connectivity index (χ0n) is 21.6. The number of carbonyl (C=O) groups is 2. The molecule has 3 aromatic carbocycles. The van der Waals surface area contributed by atoms with Crippen molar-refractivity contribution in [2.75, 3.05) is 17.4 Å². The number of amides is 2. The van der Waals surface area contributed by atoms with Crippen LogP contribution in [0.15, 0.2) is 82.2 Å². The van der Waals surface area contributed by atoms with E-state index < -0.39 is 28.5 Å². The highest BCUT2D eigenvalue weighted by atomic mass is 79.9. The Labute approximate surface area is 248 Å². The zero-order chi connectivity index (χ0) is 28.6. The number of hydrogen-bond acceptors (Lipinski definition) is 4. The molecule has 0 aliphatic carbocycles. The summed E-state index contributed by atoms with van der Waals surface area (Å²) >= 11 is 15.6. The molecule has 0 aliphatic rings. The topological polar surface area (TPSA) is 86.8 Å². The lowest BCUT2D eigenvalue weighted by Crippen LogP contribution is -2.51. The highest BCUT2D eigenvalue weighted by Gasteiger charge is 2.32. The SMILES string of the molecule is CCCCNC(=O)[C@@H](C)N(Cc1ccc(Cl)c(Cl)c1)C(=O)CN(c1ccc(Br)cc1)S(=O)(=O)c1ccccc1. The van der Waals surface area contributed by atoms with E-state index in [1.54, 1.807) is 67.6 Å². The van der Waals surface area contributed by atoms with E-state index in [2.05, 4.69) is 21.2 Å². The van der Waals surface area contributed by atoms with Crippen LogP contribution in [0.2, 0.25) is 10.0 Å². The molecule has 2 amide bonds. The molecule has 0 bridgehead atoms. The van der Waals surface area contributed by atoms with E-state index in [-0.39, 0.29) is 17.3 Å². The standard InChI is InChI=1S/C28H30BrCl2N3O4S/c1-3-4-16-32-28(36)20(2)33(18-21-10-15-25(30)26(31)17-21)27(35)19-34(23-13-11-22(29)12-14-23)39(37,38)24-8-6-5-7-9-24/h5-15,17,20H,3-4,16,18-19H2,1-2H3,(H,32,36)/t20-/m1/s1. The third kappa shape index (κ3) is 8.20. The van der Waals surface area contributed by atoms with Gasteiger partial charge in [-0.15, -0.1) is 0 Å². The number of nitrogens with one attached hydrogen (secondary N) is 1. The quantitative estimate of drug-likeness (QED) is 0.233. The predicted molar refractivity (Wildman–Crippen MR) is 160 cm³/mol. The van der Waals surface area contributed by atoms with Crippen LogP contribution in [0.4, 0.5) is 5.69 Å². The van der Waals surface area contributed by atoms with Gasteiger partial charge in [0.25, 0.3) is 10.0 Å². The molecule has 0 spiro atoms. The molecule has 39 heavy (non-hydrogen) atoms. The van der Waals surface area contributed by atoms with E-state index >= 15 is 0 Å². The van der Waals surface area contributed by atoms with Crippen molar-refractivity contribution in [3.63, 3.8) is 0 Å². The number of nitrogens with zero attached hydrogens (tertiary/aromatic N) is 2. The van der Waals surface area contributed by atoms with Crippen molar-refractivity contribution in [2.24, 2.45) is 0 Å². The summed E-state index contributed by atoms with van der Waals surface area (Å²) in [5, 5.41) is 3.53. The first kappa shape index (κ1) is 30.9. The molecule has 0 aromatic heterocycles. The van der Waals surface area contributed by atoms with Gasteiger partial charge in [-0.25, -0.2) is 8.42 Å². The van der Waals surface area contributed by atoms with E-state index in [1.165, 1.54) is 17.0 Å². The maximum Gasteiger partial charge on any atom is 0.264 e. The predicted octanol–water partition coefficient (Wildman–Crippen LogP) is 6.28. The number of halogens is 3. The summed E-state index contributed by atoms with van der Waals surface area (Å²) in [6.07, 6.45) is 1.70. The second kappa shape index (κ2) is 14.2. The summed E-state index contributed by atoms with van der Waals surface area (Å²) < 4.78 is 29.3. The first-order valence-corrected chi connectivity index (χ1v) is 15.4. The minimum Gasteiger partial charge on any atom is -0.354 e. The van der Waals surface area contributed by atoms with Crippen molar-refractivity contribution >= 4 is 66.7 Å². The van der Waals surface area contributed by atoms with Crippen molar-refractivity contribution in [1.29, 1.82) is 0 Å². The van der Waals surface area contributed by atoms with Gasteiger partial charge in [-0.05, 0) is 67.4 Å². The number of hydrogen-bond donors (Lipinski definition) is 1. The van der Waals surface area contributed by atoms with Gasteiger partial charge in [0, 0.05) is 17.6 Å². The van der Waals surface area contributed by atoms with Gasteiger partial charge < -0.3 is 10.2 Å². The largest absolute Gasteiger partial charge is 0.354 e. The van der Waals surface area contributed by atoms with E-state index in [0.29, 0.717) is 27.8 Å². The van der Waals surface area contributed by atoms with E-state index in [9.17, 15) is 18.0 Å². The van der Waals surface area contributed by atoms with Crippen LogP contribution in [0, 0.1) is 0 Å². The maximum atomic E-state index is 13.9. The molecule has 0 fully saturated rings. The van der Waals surface area contributed by atoms with Gasteiger partial charge in [0.1, 0.15) is 12.6 Å². The van der Waals surface area contributed by atoms with Gasteiger partial charge in [-0.1, -0.05) is 76.7 Å². The minimum atomic E-state index is -4.11. The molecule has 0 radical (unpaired) electrons. The zero-order valence-corrected chi connectivity index (χ0v) is 25.5. The van der Waals surface area contributed by atoms with Gasteiger partial charge in [-0.2, -0.15) is 0 Å². The van der Waals surface area contributed by atoms with Gasteiger partial charge in [0.05, 0.1) is 20.6 Å². The van der Waals surface area contributed by atoms with Crippen LogP contribution < -0.4 is 9.62 Å². The number of anilines is 1. The Bertz CT molecular complexity index is 1390. The molecule has 3 aromatic rings. The minimum absolute atomic E-state index is 0.0254. The van der Waals surface area contributed by atoms with E-state index in [0.717, 1.165) is 21.6 Å². The molecule has 7 nitrogen and oxygen atoms in total. The van der Waals surface area contributed by atoms with Gasteiger partial charge in [-0.3, -0.25) is 13.9 Å². The van der Waals surface area contributed by atoms with Crippen LogP contribution in [0.1, 0.15) is 32.3 Å². The summed E-state index contributed by atoms with van der Waals surface area (Å²) in [7, 11) is -4.11. The van der Waals surface area contributed by atoms with Crippen molar-refractivity contribution < 1.29 is 18.0 Å². The molecule has 0 unspecified atom stereocenters. The summed E-state index contributed by atoms with van der Waals surface area (Å²) in [5.74, 6) is -0.889. The fraction of sp³-hybridized carbons (Fsp3) is 0.286. The first-order valence-electron chi connectivity index (χ1n) is 12.4. The first-order chi connectivity index (χ1) is 18.5. The van der Waals surface area contributed by atoms with Crippen molar-refractivity contribution in [3.8, 4) is 0 Å². The smallest absolute Gasteiger partial charge is 0.264 e. The number of sulfonamides is 1. The molecule has 1 N–H and O–H groups in total. The monoisotopic (exact) mass is 653 g/mol. The fourth-order valence-electron chi connectivity index (χ4n) is 3.81. The average Bonchev–Trinajstić information content (AvgIpc) is 2.93. The van der Waals surface area contributed by atoms with Gasteiger partial charge in [0.15, 0.2) is 0 Å². The molecule has 0 aliphatic heterocycles. The Morgan fingerprint density at radius 3 is 2.26 bits per heavy atom. The molecule has 0 saturated carbocycles. The summed E-state index contributed by atoms with van der Waals surface area (Å²) in [4.78, 5) is 28.3. The Balaban J connectivity index is 1.99. The third-order valence-electron chi connectivity index (χ3n) is 6.06. The average molecular weight is 655 g/mol. The number of unbranched alkanes of at least 4 members (excludes halogenated alkanes) is 1. The molecule has 0 saturated heterocycles. The highest BCUT2D eigenvalue weighted by molar-refractivity contribution is 9.10. The molecule has 208 valence electrons. The second-order valence-corrected chi connectivity index (χ2v) is 12.5. The molecule has 1 atom stereocenters. The summed E-state index contributed by atoms with van der Waals surface area (Å²) in [5.41, 5.74) is 0.956. The molecule has 3 rings (SSSR count). The van der Waals surface area contributed by atoms with Crippen molar-refractivity contribution in [2.45, 2.75) is 44.2 Å². The van der Waals surface area contributed by atoms with Crippen LogP contribution in [0.3, 0.4) is 0 Å². The van der Waals surface area contributed by atoms with Gasteiger partial charge >= 0.3 is 0 Å². The fourth-order valence-corrected chi connectivity index (χ4v) is 5.83. The lowest BCUT2D eigenvalue weighted by molar-refractivity contribution is -0.139. The molecular weight excluding hydrogens is 625 g/mol. The molecule has 11 heteroatoms. The van der Waals surface area contributed by atoms with Crippen LogP contribution >= 0.6 is 39.1 Å². The summed E-state index contributed by atoms with van der Waals surface area (Å²) in [6, 6.07) is 18.6. The summed E-state index contributed by atoms with van der Waals surface area (Å²) in [6.45, 7) is 3.61. The Kier molecular flexibility index (Phi) is 11.2. The highest BCUT2D eigenvalue weighted by Crippen LogP contribution is 2.27. The Hall–Kier alpha value is -2.59. The van der Waals surface area contributed by atoms with E-state index in [4.69, 9.17) is 23.2 Å². The van der Waals surface area contributed by atoms with Crippen LogP contribution in [-0.4, -0.2) is 44.3 Å². The Morgan fingerprint density at radius 1 is 0.974 bits per heavy atom. The molecular formula is C28H30BrCl2N3O4S.